The van der Waals surface area contributed by atoms with Crippen LogP contribution in [0.5, 0.6) is 0 Å². The van der Waals surface area contributed by atoms with Crippen molar-refractivity contribution in [3.63, 3.8) is 0 Å². The Morgan fingerprint density at radius 2 is 2.27 bits per heavy atom. The van der Waals surface area contributed by atoms with E-state index in [0.29, 0.717) is 11.4 Å². The number of hydrogen-bond donors (Lipinski definition) is 1. The first-order valence-electron chi connectivity index (χ1n) is 5.62. The van der Waals surface area contributed by atoms with Gasteiger partial charge in [-0.15, -0.1) is 11.6 Å². The molecule has 2 unspecified atom stereocenters. The van der Waals surface area contributed by atoms with Crippen LogP contribution in [0.2, 0.25) is 0 Å². The molecule has 15 heavy (non-hydrogen) atoms. The van der Waals surface area contributed by atoms with Crippen LogP contribution in [0.25, 0.3) is 0 Å². The highest BCUT2D eigenvalue weighted by atomic mass is 35.5. The molecule has 2 atom stereocenters. The Balaban J connectivity index is 1.82. The highest BCUT2D eigenvalue weighted by Gasteiger charge is 2.22. The minimum absolute atomic E-state index is 0.301. The average Bonchev–Trinajstić information content (AvgIpc) is 2.29. The van der Waals surface area contributed by atoms with Gasteiger partial charge in [0, 0.05) is 30.4 Å². The van der Waals surface area contributed by atoms with E-state index in [0.717, 1.165) is 13.0 Å². The predicted molar refractivity (Wildman–Crippen MR) is 63.0 cm³/mol. The number of halogens is 1. The number of hydrogen-bond acceptors (Lipinski definition) is 2. The van der Waals surface area contributed by atoms with Gasteiger partial charge in [-0.2, -0.15) is 0 Å². The number of pyridine rings is 1. The standard InChI is InChI=1S/C12H17ClN2/c13-11-5-1-2-6-12(11)15-9-10-4-3-7-14-8-10/h3-4,7-8,11-12,15H,1-2,5-6,9H2. The summed E-state index contributed by atoms with van der Waals surface area (Å²) in [4.78, 5) is 4.09. The molecule has 0 saturated heterocycles. The van der Waals surface area contributed by atoms with Gasteiger partial charge < -0.3 is 5.32 Å². The third kappa shape index (κ3) is 3.18. The molecule has 1 saturated carbocycles. The molecule has 3 heteroatoms. The second-order valence-electron chi connectivity index (χ2n) is 4.15. The van der Waals surface area contributed by atoms with Crippen LogP contribution in [0.1, 0.15) is 31.2 Å². The molecule has 0 aliphatic heterocycles. The van der Waals surface area contributed by atoms with Crippen molar-refractivity contribution in [1.29, 1.82) is 0 Å². The van der Waals surface area contributed by atoms with Crippen LogP contribution in [-0.4, -0.2) is 16.4 Å². The molecule has 1 aliphatic carbocycles. The van der Waals surface area contributed by atoms with E-state index >= 15 is 0 Å². The van der Waals surface area contributed by atoms with E-state index in [1.807, 2.05) is 12.3 Å². The zero-order valence-electron chi connectivity index (χ0n) is 8.82. The van der Waals surface area contributed by atoms with Crippen molar-refractivity contribution in [1.82, 2.24) is 10.3 Å². The van der Waals surface area contributed by atoms with Crippen molar-refractivity contribution < 1.29 is 0 Å². The molecule has 82 valence electrons. The van der Waals surface area contributed by atoms with Crippen molar-refractivity contribution >= 4 is 11.6 Å². The first-order valence-corrected chi connectivity index (χ1v) is 6.06. The molecule has 0 bridgehead atoms. The molecule has 1 aromatic rings. The smallest absolute Gasteiger partial charge is 0.0489 e. The van der Waals surface area contributed by atoms with Gasteiger partial charge in [-0.3, -0.25) is 4.98 Å². The van der Waals surface area contributed by atoms with Crippen molar-refractivity contribution in [2.45, 2.75) is 43.6 Å². The number of nitrogens with zero attached hydrogens (tertiary/aromatic N) is 1. The van der Waals surface area contributed by atoms with Crippen LogP contribution in [-0.2, 0) is 6.54 Å². The SMILES string of the molecule is ClC1CCCCC1NCc1cccnc1. The molecule has 2 nitrogen and oxygen atoms in total. The fourth-order valence-corrected chi connectivity index (χ4v) is 2.44. The van der Waals surface area contributed by atoms with Gasteiger partial charge in [-0.05, 0) is 24.5 Å². The van der Waals surface area contributed by atoms with Gasteiger partial charge in [0.1, 0.15) is 0 Å². The van der Waals surface area contributed by atoms with Gasteiger partial charge in [-0.25, -0.2) is 0 Å². The molecule has 1 aromatic heterocycles. The lowest BCUT2D eigenvalue weighted by molar-refractivity contribution is 0.378. The molecule has 0 amide bonds. The third-order valence-electron chi connectivity index (χ3n) is 2.97. The van der Waals surface area contributed by atoms with Crippen molar-refractivity contribution in [3.05, 3.63) is 30.1 Å². The first-order chi connectivity index (χ1) is 7.36. The van der Waals surface area contributed by atoms with Crippen LogP contribution in [0.15, 0.2) is 24.5 Å². The lowest BCUT2D eigenvalue weighted by Crippen LogP contribution is -2.38. The number of aromatic nitrogens is 1. The lowest BCUT2D eigenvalue weighted by Gasteiger charge is -2.27. The van der Waals surface area contributed by atoms with Crippen LogP contribution in [0.4, 0.5) is 0 Å². The van der Waals surface area contributed by atoms with E-state index in [9.17, 15) is 0 Å². The van der Waals surface area contributed by atoms with Crippen LogP contribution < -0.4 is 5.32 Å². The zero-order valence-corrected chi connectivity index (χ0v) is 9.58. The van der Waals surface area contributed by atoms with Crippen molar-refractivity contribution in [2.75, 3.05) is 0 Å². The quantitative estimate of drug-likeness (QED) is 0.799. The number of rotatable bonds is 3. The summed E-state index contributed by atoms with van der Waals surface area (Å²) >= 11 is 6.27. The minimum atomic E-state index is 0.301. The molecular formula is C12H17ClN2. The summed E-state index contributed by atoms with van der Waals surface area (Å²) in [6.45, 7) is 0.877. The molecule has 1 N–H and O–H groups in total. The maximum absolute atomic E-state index is 6.27. The minimum Gasteiger partial charge on any atom is -0.308 e. The molecule has 0 aromatic carbocycles. The number of alkyl halides is 1. The monoisotopic (exact) mass is 224 g/mol. The predicted octanol–water partition coefficient (Wildman–Crippen LogP) is 2.72. The van der Waals surface area contributed by atoms with Gasteiger partial charge in [-0.1, -0.05) is 18.9 Å². The van der Waals surface area contributed by atoms with E-state index in [4.69, 9.17) is 11.6 Å². The highest BCUT2D eigenvalue weighted by Crippen LogP contribution is 2.23. The summed E-state index contributed by atoms with van der Waals surface area (Å²) in [5.74, 6) is 0. The Labute approximate surface area is 96.1 Å². The Kier molecular flexibility index (Phi) is 3.98. The molecule has 0 spiro atoms. The van der Waals surface area contributed by atoms with E-state index in [1.54, 1.807) is 6.20 Å². The highest BCUT2D eigenvalue weighted by molar-refractivity contribution is 6.21. The maximum Gasteiger partial charge on any atom is 0.0489 e. The molecule has 1 aliphatic rings. The molecular weight excluding hydrogens is 208 g/mol. The summed E-state index contributed by atoms with van der Waals surface area (Å²) in [7, 11) is 0. The summed E-state index contributed by atoms with van der Waals surface area (Å²) in [5, 5.41) is 3.82. The molecule has 0 radical (unpaired) electrons. The second-order valence-corrected chi connectivity index (χ2v) is 4.71. The molecule has 1 heterocycles. The summed E-state index contributed by atoms with van der Waals surface area (Å²) in [6.07, 6.45) is 8.63. The Bertz CT molecular complexity index is 289. The van der Waals surface area contributed by atoms with Crippen LogP contribution in [0, 0.1) is 0 Å². The Morgan fingerprint density at radius 1 is 1.40 bits per heavy atom. The molecule has 2 rings (SSSR count). The first kappa shape index (κ1) is 10.9. The van der Waals surface area contributed by atoms with Crippen LogP contribution in [0.3, 0.4) is 0 Å². The van der Waals surface area contributed by atoms with Gasteiger partial charge in [0.15, 0.2) is 0 Å². The maximum atomic E-state index is 6.27. The largest absolute Gasteiger partial charge is 0.308 e. The lowest BCUT2D eigenvalue weighted by atomic mass is 9.95. The van der Waals surface area contributed by atoms with E-state index in [2.05, 4.69) is 16.4 Å². The van der Waals surface area contributed by atoms with Gasteiger partial charge >= 0.3 is 0 Å². The topological polar surface area (TPSA) is 24.9 Å². The average molecular weight is 225 g/mol. The molecule has 1 fully saturated rings. The van der Waals surface area contributed by atoms with Gasteiger partial charge in [0.25, 0.3) is 0 Å². The zero-order chi connectivity index (χ0) is 10.5. The van der Waals surface area contributed by atoms with Crippen LogP contribution >= 0.6 is 11.6 Å². The van der Waals surface area contributed by atoms with E-state index in [-0.39, 0.29) is 0 Å². The fourth-order valence-electron chi connectivity index (χ4n) is 2.07. The Hall–Kier alpha value is -0.600. The van der Waals surface area contributed by atoms with Gasteiger partial charge in [0.2, 0.25) is 0 Å². The Morgan fingerprint density at radius 3 is 3.00 bits per heavy atom. The second kappa shape index (κ2) is 5.47. The fraction of sp³-hybridized carbons (Fsp3) is 0.583. The summed E-state index contributed by atoms with van der Waals surface area (Å²) < 4.78 is 0. The van der Waals surface area contributed by atoms with Crippen molar-refractivity contribution in [3.8, 4) is 0 Å². The van der Waals surface area contributed by atoms with E-state index < -0.39 is 0 Å². The third-order valence-corrected chi connectivity index (χ3v) is 3.50. The summed E-state index contributed by atoms with van der Waals surface area (Å²) in [6, 6.07) is 4.53. The van der Waals surface area contributed by atoms with Gasteiger partial charge in [0.05, 0.1) is 0 Å². The number of nitrogens with one attached hydrogen (secondary N) is 1. The van der Waals surface area contributed by atoms with Crippen molar-refractivity contribution in [2.24, 2.45) is 0 Å². The normalized spacial score (nSPS) is 26.5. The summed E-state index contributed by atoms with van der Waals surface area (Å²) in [5.41, 5.74) is 1.23. The van der Waals surface area contributed by atoms with E-state index in [1.165, 1.54) is 24.8 Å².